The molecule has 3 aromatic carbocycles. The van der Waals surface area contributed by atoms with Crippen molar-refractivity contribution >= 4 is 16.3 Å². The van der Waals surface area contributed by atoms with Crippen LogP contribution in [0.5, 0.6) is 0 Å². The molecule has 0 spiro atoms. The zero-order chi connectivity index (χ0) is 18.1. The summed E-state index contributed by atoms with van der Waals surface area (Å²) in [5, 5.41) is 2.68. The molecule has 1 aliphatic rings. The Hall–Kier alpha value is -1.34. The Kier molecular flexibility index (Phi) is 6.91. The molecule has 0 nitrogen and oxygen atoms in total. The third kappa shape index (κ3) is 3.83. The maximum Gasteiger partial charge on any atom is 0 e. The Morgan fingerprint density at radius 3 is 1.92 bits per heavy atom. The van der Waals surface area contributed by atoms with E-state index in [0.29, 0.717) is 0 Å². The molecule has 0 saturated heterocycles. The zero-order valence-electron chi connectivity index (χ0n) is 16.9. The maximum absolute atomic E-state index is 3.46. The summed E-state index contributed by atoms with van der Waals surface area (Å²) in [7, 11) is 0. The van der Waals surface area contributed by atoms with Gasteiger partial charge in [0.05, 0.1) is 0 Å². The summed E-state index contributed by atoms with van der Waals surface area (Å²) in [5.74, 6) is 0. The van der Waals surface area contributed by atoms with Crippen LogP contribution in [0.15, 0.2) is 36.4 Å². The Balaban J connectivity index is 0.000000195. The molecule has 0 heterocycles. The molecule has 1 aliphatic carbocycles. The maximum atomic E-state index is 3.46. The van der Waals surface area contributed by atoms with Gasteiger partial charge in [0.25, 0.3) is 0 Å². The van der Waals surface area contributed by atoms with E-state index >= 15 is 0 Å². The van der Waals surface area contributed by atoms with Crippen LogP contribution in [0.2, 0.25) is 0 Å². The first-order chi connectivity index (χ1) is 11.9. The monoisotopic (exact) mass is 508 g/mol. The van der Waals surface area contributed by atoms with Gasteiger partial charge in [-0.25, -0.2) is 5.57 Å². The summed E-state index contributed by atoms with van der Waals surface area (Å²) >= 11 is 0. The van der Waals surface area contributed by atoms with Crippen molar-refractivity contribution in [3.63, 3.8) is 0 Å². The molecule has 0 saturated carbocycles. The molecule has 0 atom stereocenters. The first kappa shape index (κ1) is 21.0. The van der Waals surface area contributed by atoms with E-state index in [1.54, 1.807) is 0 Å². The first-order valence-corrected chi connectivity index (χ1v) is 9.25. The molecule has 0 aliphatic heterocycles. The van der Waals surface area contributed by atoms with E-state index in [9.17, 15) is 0 Å². The van der Waals surface area contributed by atoms with Crippen LogP contribution in [0, 0.1) is 40.7 Å². The predicted octanol–water partition coefficient (Wildman–Crippen LogP) is 6.94. The fourth-order valence-electron chi connectivity index (χ4n) is 3.73. The third-order valence-corrected chi connectivity index (χ3v) is 5.95. The van der Waals surface area contributed by atoms with Crippen molar-refractivity contribution in [2.24, 2.45) is 0 Å². The number of benzene rings is 2. The molecule has 0 aromatic heterocycles. The van der Waals surface area contributed by atoms with Gasteiger partial charge in [-0.15, -0.1) is 18.1 Å². The van der Waals surface area contributed by atoms with Gasteiger partial charge in [-0.2, -0.15) is 33.4 Å². The molecular formula is C25H28Hf-2. The van der Waals surface area contributed by atoms with Crippen molar-refractivity contribution in [3.05, 3.63) is 81.4 Å². The second-order valence-electron chi connectivity index (χ2n) is 7.17. The quantitative estimate of drug-likeness (QED) is 0.248. The van der Waals surface area contributed by atoms with Crippen LogP contribution in [0.25, 0.3) is 16.3 Å². The molecule has 134 valence electrons. The molecule has 0 unspecified atom stereocenters. The Bertz CT molecular complexity index is 874. The van der Waals surface area contributed by atoms with E-state index < -0.39 is 0 Å². The molecule has 4 rings (SSSR count). The minimum atomic E-state index is 0. The van der Waals surface area contributed by atoms with Crippen molar-refractivity contribution < 1.29 is 25.8 Å². The van der Waals surface area contributed by atoms with E-state index in [1.165, 1.54) is 55.3 Å². The number of hydrogen-bond donors (Lipinski definition) is 0. The number of rotatable bonds is 1. The Labute approximate surface area is 177 Å². The van der Waals surface area contributed by atoms with Crippen LogP contribution in [-0.4, -0.2) is 0 Å². The van der Waals surface area contributed by atoms with Gasteiger partial charge in [0.1, 0.15) is 0 Å². The van der Waals surface area contributed by atoms with Gasteiger partial charge in [0.2, 0.25) is 0 Å². The second kappa shape index (κ2) is 8.57. The molecule has 0 radical (unpaired) electrons. The van der Waals surface area contributed by atoms with E-state index in [4.69, 9.17) is 0 Å². The summed E-state index contributed by atoms with van der Waals surface area (Å²) in [4.78, 5) is 0. The van der Waals surface area contributed by atoms with E-state index in [-0.39, 0.29) is 25.8 Å². The molecule has 1 heteroatoms. The molecule has 0 fully saturated rings. The topological polar surface area (TPSA) is 0 Å². The van der Waals surface area contributed by atoms with Crippen LogP contribution < -0.4 is 0 Å². The first-order valence-electron chi connectivity index (χ1n) is 9.25. The second-order valence-corrected chi connectivity index (χ2v) is 7.17. The smallest absolute Gasteiger partial charge is 0 e. The SMILES string of the molecule is CCC1=[C-]Cc2cc3ccccc3cc21.Cc1c(C)c(C)[c-](C)c1C.[Hf]. The van der Waals surface area contributed by atoms with Crippen LogP contribution in [0.3, 0.4) is 0 Å². The number of allylic oxidation sites excluding steroid dienone is 2. The van der Waals surface area contributed by atoms with Crippen LogP contribution >= 0.6 is 0 Å². The van der Waals surface area contributed by atoms with Gasteiger partial charge in [0, 0.05) is 25.8 Å². The van der Waals surface area contributed by atoms with Gasteiger partial charge >= 0.3 is 0 Å². The van der Waals surface area contributed by atoms with Crippen molar-refractivity contribution in [2.75, 3.05) is 0 Å². The Morgan fingerprint density at radius 2 is 1.46 bits per heavy atom. The molecule has 0 amide bonds. The minimum absolute atomic E-state index is 0. The predicted molar refractivity (Wildman–Crippen MR) is 110 cm³/mol. The van der Waals surface area contributed by atoms with E-state index in [0.717, 1.165) is 12.8 Å². The summed E-state index contributed by atoms with van der Waals surface area (Å²) in [5.41, 5.74) is 11.6. The molecule has 3 aromatic rings. The summed E-state index contributed by atoms with van der Waals surface area (Å²) in [6, 6.07) is 13.2. The van der Waals surface area contributed by atoms with Gasteiger partial charge in [-0.3, -0.25) is 6.08 Å². The summed E-state index contributed by atoms with van der Waals surface area (Å²) in [6.45, 7) is 13.2. The fourth-order valence-corrected chi connectivity index (χ4v) is 3.73. The van der Waals surface area contributed by atoms with Crippen molar-refractivity contribution in [3.8, 4) is 0 Å². The fraction of sp³-hybridized carbons (Fsp3) is 0.320. The van der Waals surface area contributed by atoms with Crippen molar-refractivity contribution in [1.29, 1.82) is 0 Å². The summed E-state index contributed by atoms with van der Waals surface area (Å²) < 4.78 is 0. The van der Waals surface area contributed by atoms with Crippen molar-refractivity contribution in [1.82, 2.24) is 0 Å². The van der Waals surface area contributed by atoms with E-state index in [2.05, 4.69) is 84.0 Å². The standard InChI is InChI=1S/C15H13.C10H15.Hf/c1-2-11-7-8-14-9-12-5-3-4-6-13(12)10-15(11)14;1-6-7(2)9(4)10(5)8(6)3;/h3-6,9-10H,2,8H2,1H3;1-5H3;/q2*-1;. The van der Waals surface area contributed by atoms with Gasteiger partial charge in [0.15, 0.2) is 0 Å². The van der Waals surface area contributed by atoms with Crippen LogP contribution in [0.1, 0.15) is 52.3 Å². The molecule has 26 heavy (non-hydrogen) atoms. The van der Waals surface area contributed by atoms with Crippen LogP contribution in [0.4, 0.5) is 0 Å². The molecular weight excluding hydrogens is 479 g/mol. The zero-order valence-corrected chi connectivity index (χ0v) is 20.5. The van der Waals surface area contributed by atoms with Gasteiger partial charge < -0.3 is 0 Å². The summed E-state index contributed by atoms with van der Waals surface area (Å²) in [6.07, 6.45) is 5.54. The number of hydrogen-bond acceptors (Lipinski definition) is 0. The average molecular weight is 507 g/mol. The average Bonchev–Trinajstić information content (AvgIpc) is 3.11. The normalized spacial score (nSPS) is 12.2. The minimum Gasteiger partial charge on any atom is -0.268 e. The van der Waals surface area contributed by atoms with Gasteiger partial charge in [-0.1, -0.05) is 78.3 Å². The Morgan fingerprint density at radius 1 is 0.923 bits per heavy atom. The molecule has 0 bridgehead atoms. The number of fused-ring (bicyclic) bond motifs is 2. The largest absolute Gasteiger partial charge is 0.268 e. The van der Waals surface area contributed by atoms with Crippen molar-refractivity contribution in [2.45, 2.75) is 54.4 Å². The van der Waals surface area contributed by atoms with Gasteiger partial charge in [-0.05, 0) is 10.8 Å². The molecule has 0 N–H and O–H groups in total. The third-order valence-electron chi connectivity index (χ3n) is 5.95. The van der Waals surface area contributed by atoms with Crippen LogP contribution in [-0.2, 0) is 32.3 Å². The van der Waals surface area contributed by atoms with E-state index in [1.807, 2.05) is 0 Å².